The maximum Gasteiger partial charge on any atom is 0.0897 e. The fourth-order valence-electron chi connectivity index (χ4n) is 3.50. The van der Waals surface area contributed by atoms with E-state index in [0.717, 1.165) is 42.7 Å². The second kappa shape index (κ2) is 6.44. The summed E-state index contributed by atoms with van der Waals surface area (Å²) >= 11 is 5.94. The number of rotatable bonds is 3. The van der Waals surface area contributed by atoms with Crippen molar-refractivity contribution in [3.8, 4) is 0 Å². The van der Waals surface area contributed by atoms with Crippen LogP contribution < -0.4 is 0 Å². The van der Waals surface area contributed by atoms with Crippen LogP contribution in [-0.2, 0) is 12.0 Å². The Morgan fingerprint density at radius 3 is 2.14 bits per heavy atom. The molecule has 1 aliphatic carbocycles. The van der Waals surface area contributed by atoms with Crippen molar-refractivity contribution in [1.82, 2.24) is 0 Å². The molecule has 0 atom stereocenters. The Balaban J connectivity index is 1.69. The molecule has 0 unspecified atom stereocenters. The average Bonchev–Trinajstić information content (AvgIpc) is 2.56. The minimum atomic E-state index is -0.690. The molecular formula is C20H23ClO. The minimum absolute atomic E-state index is 0.568. The van der Waals surface area contributed by atoms with Gasteiger partial charge in [-0.3, -0.25) is 0 Å². The largest absolute Gasteiger partial charge is 0.385 e. The van der Waals surface area contributed by atoms with Gasteiger partial charge in [0.25, 0.3) is 0 Å². The van der Waals surface area contributed by atoms with Crippen LogP contribution in [0.25, 0.3) is 0 Å². The monoisotopic (exact) mass is 314 g/mol. The van der Waals surface area contributed by atoms with Gasteiger partial charge in [0.1, 0.15) is 0 Å². The van der Waals surface area contributed by atoms with E-state index >= 15 is 0 Å². The van der Waals surface area contributed by atoms with Crippen LogP contribution in [0, 0.1) is 0 Å². The summed E-state index contributed by atoms with van der Waals surface area (Å²) in [5.74, 6) is 0.568. The van der Waals surface area contributed by atoms with Crippen molar-refractivity contribution in [2.45, 2.75) is 50.5 Å². The van der Waals surface area contributed by atoms with Crippen LogP contribution in [0.15, 0.2) is 48.5 Å². The predicted octanol–water partition coefficient (Wildman–Crippen LogP) is 5.45. The van der Waals surface area contributed by atoms with Crippen molar-refractivity contribution in [3.63, 3.8) is 0 Å². The van der Waals surface area contributed by atoms with E-state index in [1.54, 1.807) is 0 Å². The van der Waals surface area contributed by atoms with Gasteiger partial charge in [-0.1, -0.05) is 54.9 Å². The lowest BCUT2D eigenvalue weighted by atomic mass is 9.73. The molecule has 116 valence electrons. The molecule has 3 rings (SSSR count). The molecule has 1 aliphatic rings. The third-order valence-electron chi connectivity index (χ3n) is 5.05. The predicted molar refractivity (Wildman–Crippen MR) is 92.4 cm³/mol. The van der Waals surface area contributed by atoms with Gasteiger partial charge in [0.2, 0.25) is 0 Å². The Morgan fingerprint density at radius 1 is 1.00 bits per heavy atom. The van der Waals surface area contributed by atoms with Crippen LogP contribution in [0.3, 0.4) is 0 Å². The maximum atomic E-state index is 10.9. The summed E-state index contributed by atoms with van der Waals surface area (Å²) in [6.45, 7) is 2.18. The second-order valence-electron chi connectivity index (χ2n) is 6.41. The molecule has 1 fully saturated rings. The summed E-state index contributed by atoms with van der Waals surface area (Å²) in [5.41, 5.74) is 3.11. The van der Waals surface area contributed by atoms with Gasteiger partial charge in [0.05, 0.1) is 5.60 Å². The molecule has 0 amide bonds. The first kappa shape index (κ1) is 15.6. The molecule has 2 heteroatoms. The molecule has 1 N–H and O–H groups in total. The number of halogens is 1. The molecule has 1 nitrogen and oxygen atoms in total. The van der Waals surface area contributed by atoms with Crippen LogP contribution in [0.4, 0.5) is 0 Å². The Bertz CT molecular complexity index is 607. The molecular weight excluding hydrogens is 292 g/mol. The van der Waals surface area contributed by atoms with E-state index in [1.165, 1.54) is 11.1 Å². The zero-order valence-electron chi connectivity index (χ0n) is 13.1. The minimum Gasteiger partial charge on any atom is -0.385 e. The topological polar surface area (TPSA) is 20.2 Å². The van der Waals surface area contributed by atoms with Crippen LogP contribution in [0.5, 0.6) is 0 Å². The molecule has 0 saturated heterocycles. The highest BCUT2D eigenvalue weighted by atomic mass is 35.5. The van der Waals surface area contributed by atoms with E-state index < -0.39 is 5.60 Å². The molecule has 0 aromatic heterocycles. The fraction of sp³-hybridized carbons (Fsp3) is 0.400. The summed E-state index contributed by atoms with van der Waals surface area (Å²) in [5, 5.41) is 11.7. The van der Waals surface area contributed by atoms with Gasteiger partial charge in [0.15, 0.2) is 0 Å². The van der Waals surface area contributed by atoms with E-state index in [4.69, 9.17) is 11.6 Å². The highest BCUT2D eigenvalue weighted by molar-refractivity contribution is 6.30. The Kier molecular flexibility index (Phi) is 4.56. The first-order valence-corrected chi connectivity index (χ1v) is 8.56. The first-order valence-electron chi connectivity index (χ1n) is 8.18. The van der Waals surface area contributed by atoms with Crippen molar-refractivity contribution in [2.75, 3.05) is 0 Å². The summed E-state index contributed by atoms with van der Waals surface area (Å²) < 4.78 is 0. The summed E-state index contributed by atoms with van der Waals surface area (Å²) in [6.07, 6.45) is 4.78. The Labute approximate surface area is 137 Å². The van der Waals surface area contributed by atoms with E-state index in [0.29, 0.717) is 5.92 Å². The van der Waals surface area contributed by atoms with Crippen LogP contribution in [0.1, 0.15) is 55.2 Å². The van der Waals surface area contributed by atoms with Crippen molar-refractivity contribution in [3.05, 3.63) is 70.2 Å². The zero-order valence-corrected chi connectivity index (χ0v) is 13.8. The van der Waals surface area contributed by atoms with E-state index in [9.17, 15) is 5.11 Å². The van der Waals surface area contributed by atoms with Gasteiger partial charge >= 0.3 is 0 Å². The number of aryl methyl sites for hydroxylation is 1. The molecule has 1 saturated carbocycles. The number of benzene rings is 2. The highest BCUT2D eigenvalue weighted by Gasteiger charge is 2.35. The van der Waals surface area contributed by atoms with Gasteiger partial charge in [0, 0.05) is 5.02 Å². The van der Waals surface area contributed by atoms with Gasteiger partial charge in [-0.15, -0.1) is 0 Å². The number of aliphatic hydroxyl groups is 1. The number of hydrogen-bond donors (Lipinski definition) is 1. The SMILES string of the molecule is CCc1ccc(C2CCC(O)(c3ccc(Cl)cc3)CC2)cc1. The highest BCUT2D eigenvalue weighted by Crippen LogP contribution is 2.43. The van der Waals surface area contributed by atoms with Gasteiger partial charge < -0.3 is 5.11 Å². The molecule has 2 aromatic carbocycles. The van der Waals surface area contributed by atoms with Crippen molar-refractivity contribution < 1.29 is 5.11 Å². The van der Waals surface area contributed by atoms with Crippen LogP contribution >= 0.6 is 11.6 Å². The standard InChI is InChI=1S/C20H23ClO/c1-2-15-3-5-16(6-4-15)17-11-13-20(22,14-12-17)18-7-9-19(21)10-8-18/h3-10,17,22H,2,11-14H2,1H3. The van der Waals surface area contributed by atoms with Crippen LogP contribution in [-0.4, -0.2) is 5.11 Å². The fourth-order valence-corrected chi connectivity index (χ4v) is 3.63. The third kappa shape index (κ3) is 3.21. The van der Waals surface area contributed by atoms with Crippen LogP contribution in [0.2, 0.25) is 5.02 Å². The Hall–Kier alpha value is -1.31. The molecule has 0 spiro atoms. The molecule has 0 bridgehead atoms. The normalized spacial score (nSPS) is 25.1. The summed E-state index contributed by atoms with van der Waals surface area (Å²) in [7, 11) is 0. The van der Waals surface area contributed by atoms with E-state index in [-0.39, 0.29) is 0 Å². The van der Waals surface area contributed by atoms with Gasteiger partial charge in [-0.25, -0.2) is 0 Å². The van der Waals surface area contributed by atoms with Gasteiger partial charge in [-0.05, 0) is 66.8 Å². The first-order chi connectivity index (χ1) is 10.6. The lowest BCUT2D eigenvalue weighted by Gasteiger charge is -2.36. The quantitative estimate of drug-likeness (QED) is 0.799. The van der Waals surface area contributed by atoms with E-state index in [1.807, 2.05) is 24.3 Å². The lowest BCUT2D eigenvalue weighted by molar-refractivity contribution is -0.00565. The molecule has 0 radical (unpaired) electrons. The van der Waals surface area contributed by atoms with Gasteiger partial charge in [-0.2, -0.15) is 0 Å². The summed E-state index contributed by atoms with van der Waals surface area (Å²) in [6, 6.07) is 16.6. The van der Waals surface area contributed by atoms with Crippen molar-refractivity contribution in [1.29, 1.82) is 0 Å². The number of hydrogen-bond acceptors (Lipinski definition) is 1. The average molecular weight is 315 g/mol. The summed E-state index contributed by atoms with van der Waals surface area (Å²) in [4.78, 5) is 0. The molecule has 2 aromatic rings. The lowest BCUT2D eigenvalue weighted by Crippen LogP contribution is -2.30. The third-order valence-corrected chi connectivity index (χ3v) is 5.31. The maximum absolute atomic E-state index is 10.9. The van der Waals surface area contributed by atoms with Crippen molar-refractivity contribution >= 4 is 11.6 Å². The molecule has 22 heavy (non-hydrogen) atoms. The van der Waals surface area contributed by atoms with Crippen molar-refractivity contribution in [2.24, 2.45) is 0 Å². The second-order valence-corrected chi connectivity index (χ2v) is 6.84. The van der Waals surface area contributed by atoms with E-state index in [2.05, 4.69) is 31.2 Å². The zero-order chi connectivity index (χ0) is 15.6. The Morgan fingerprint density at radius 2 is 1.59 bits per heavy atom. The smallest absolute Gasteiger partial charge is 0.0897 e. The molecule has 0 heterocycles. The molecule has 0 aliphatic heterocycles.